The smallest absolute Gasteiger partial charge is 0.256 e. The molecule has 1 amide bonds. The second-order valence-electron chi connectivity index (χ2n) is 6.45. The van der Waals surface area contributed by atoms with Gasteiger partial charge in [0, 0.05) is 47.1 Å². The number of benzene rings is 1. The van der Waals surface area contributed by atoms with Crippen molar-refractivity contribution in [3.63, 3.8) is 0 Å². The van der Waals surface area contributed by atoms with Crippen molar-refractivity contribution in [1.29, 1.82) is 0 Å². The minimum absolute atomic E-state index is 0.0618. The number of carbonyl (C=O) groups is 1. The quantitative estimate of drug-likeness (QED) is 0.588. The van der Waals surface area contributed by atoms with Crippen molar-refractivity contribution in [2.75, 3.05) is 13.1 Å². The number of imidazole rings is 1. The highest BCUT2D eigenvalue weighted by atomic mass is 79.9. The number of amides is 1. The molecule has 138 valence electrons. The summed E-state index contributed by atoms with van der Waals surface area (Å²) < 4.78 is 3.17. The van der Waals surface area contributed by atoms with Gasteiger partial charge in [0.1, 0.15) is 5.03 Å². The largest absolute Gasteiger partial charge is 0.338 e. The van der Waals surface area contributed by atoms with E-state index < -0.39 is 0 Å². The molecule has 27 heavy (non-hydrogen) atoms. The molecular weight excluding hydrogens is 424 g/mol. The Morgan fingerprint density at radius 2 is 1.89 bits per heavy atom. The summed E-state index contributed by atoms with van der Waals surface area (Å²) in [4.78, 5) is 24.7. The summed E-state index contributed by atoms with van der Waals surface area (Å²) >= 11 is 4.97. The first-order chi connectivity index (χ1) is 13.2. The third kappa shape index (κ3) is 4.25. The first kappa shape index (κ1) is 18.3. The number of pyridine rings is 1. The van der Waals surface area contributed by atoms with Crippen molar-refractivity contribution in [3.8, 4) is 0 Å². The average molecular weight is 443 g/mol. The number of carbonyl (C=O) groups excluding carboxylic acids is 1. The van der Waals surface area contributed by atoms with Crippen LogP contribution in [0.4, 0.5) is 0 Å². The van der Waals surface area contributed by atoms with Crippen LogP contribution in [-0.2, 0) is 0 Å². The number of likely N-dealkylation sites (tertiary alicyclic amines) is 1. The molecule has 1 aliphatic rings. The maximum atomic E-state index is 13.1. The lowest BCUT2D eigenvalue weighted by Crippen LogP contribution is -2.39. The average Bonchev–Trinajstić information content (AvgIpc) is 3.25. The molecule has 1 saturated heterocycles. The molecule has 0 spiro atoms. The Morgan fingerprint density at radius 3 is 2.59 bits per heavy atom. The van der Waals surface area contributed by atoms with E-state index in [0.29, 0.717) is 11.6 Å². The van der Waals surface area contributed by atoms with E-state index in [1.165, 1.54) is 11.8 Å². The van der Waals surface area contributed by atoms with E-state index in [-0.39, 0.29) is 5.91 Å². The fourth-order valence-electron chi connectivity index (χ4n) is 3.27. The predicted molar refractivity (Wildman–Crippen MR) is 109 cm³/mol. The van der Waals surface area contributed by atoms with Crippen LogP contribution in [0.5, 0.6) is 0 Å². The third-order valence-corrected chi connectivity index (χ3v) is 6.28. The molecule has 7 heteroatoms. The van der Waals surface area contributed by atoms with E-state index in [1.807, 2.05) is 53.8 Å². The molecule has 3 aromatic rings. The van der Waals surface area contributed by atoms with Gasteiger partial charge < -0.3 is 9.47 Å². The number of halogens is 1. The fraction of sp³-hybridized carbons (Fsp3) is 0.250. The molecule has 0 bridgehead atoms. The Balaban J connectivity index is 1.47. The molecule has 0 N–H and O–H groups in total. The minimum atomic E-state index is 0.0618. The van der Waals surface area contributed by atoms with E-state index in [2.05, 4.69) is 30.5 Å². The molecule has 4 rings (SSSR count). The van der Waals surface area contributed by atoms with Gasteiger partial charge in [-0.25, -0.2) is 9.97 Å². The van der Waals surface area contributed by atoms with Crippen LogP contribution in [0, 0.1) is 0 Å². The number of rotatable bonds is 4. The summed E-state index contributed by atoms with van der Waals surface area (Å²) in [5.74, 6) is 0.0618. The molecule has 2 aromatic heterocycles. The molecule has 0 saturated carbocycles. The van der Waals surface area contributed by atoms with Crippen molar-refractivity contribution in [3.05, 3.63) is 71.4 Å². The topological polar surface area (TPSA) is 51.0 Å². The van der Waals surface area contributed by atoms with Gasteiger partial charge >= 0.3 is 0 Å². The van der Waals surface area contributed by atoms with Crippen molar-refractivity contribution in [2.45, 2.75) is 28.8 Å². The van der Waals surface area contributed by atoms with Gasteiger partial charge in [0.2, 0.25) is 0 Å². The van der Waals surface area contributed by atoms with Gasteiger partial charge in [0.25, 0.3) is 5.91 Å². The zero-order valence-corrected chi connectivity index (χ0v) is 17.1. The lowest BCUT2D eigenvalue weighted by molar-refractivity contribution is 0.0690. The van der Waals surface area contributed by atoms with E-state index in [9.17, 15) is 4.79 Å². The normalized spacial score (nSPS) is 15.1. The highest BCUT2D eigenvalue weighted by Gasteiger charge is 2.26. The molecule has 3 heterocycles. The summed E-state index contributed by atoms with van der Waals surface area (Å²) in [5.41, 5.74) is 0.673. The SMILES string of the molecule is O=C(c1cccnc1Sc1ccc(Br)cc1)N1CCC(n2ccnc2)CC1. The zero-order valence-electron chi connectivity index (χ0n) is 14.7. The fourth-order valence-corrected chi connectivity index (χ4v) is 4.41. The molecule has 0 aliphatic carbocycles. The predicted octanol–water partition coefficient (Wildman–Crippen LogP) is 4.67. The van der Waals surface area contributed by atoms with Crippen LogP contribution in [0.25, 0.3) is 0 Å². The Bertz CT molecular complexity index is 906. The maximum Gasteiger partial charge on any atom is 0.256 e. The first-order valence-corrected chi connectivity index (χ1v) is 10.5. The summed E-state index contributed by atoms with van der Waals surface area (Å²) in [6, 6.07) is 12.2. The molecule has 1 aromatic carbocycles. The van der Waals surface area contributed by atoms with Crippen LogP contribution in [0.1, 0.15) is 29.2 Å². The highest BCUT2D eigenvalue weighted by Crippen LogP contribution is 2.31. The van der Waals surface area contributed by atoms with E-state index >= 15 is 0 Å². The summed E-state index contributed by atoms with van der Waals surface area (Å²) in [6.07, 6.45) is 9.28. The standard InChI is InChI=1S/C20H19BrN4OS/c21-15-3-5-17(6-4-15)27-19-18(2-1-9-23-19)20(26)24-11-7-16(8-12-24)25-13-10-22-14-25/h1-6,9-10,13-14,16H,7-8,11-12H2. The molecule has 0 atom stereocenters. The van der Waals surface area contributed by atoms with Crippen LogP contribution in [0.2, 0.25) is 0 Å². The Labute approximate surface area is 170 Å². The molecule has 5 nitrogen and oxygen atoms in total. The summed E-state index contributed by atoms with van der Waals surface area (Å²) in [6.45, 7) is 1.50. The first-order valence-electron chi connectivity index (χ1n) is 8.86. The second kappa shape index (κ2) is 8.27. The number of hydrogen-bond donors (Lipinski definition) is 0. The van der Waals surface area contributed by atoms with Crippen LogP contribution in [0.15, 0.2) is 75.7 Å². The van der Waals surface area contributed by atoms with Crippen molar-refractivity contribution >= 4 is 33.6 Å². The highest BCUT2D eigenvalue weighted by molar-refractivity contribution is 9.10. The number of piperidine rings is 1. The minimum Gasteiger partial charge on any atom is -0.338 e. The number of nitrogens with zero attached hydrogens (tertiary/aromatic N) is 4. The van der Waals surface area contributed by atoms with Crippen LogP contribution in [-0.4, -0.2) is 38.4 Å². The van der Waals surface area contributed by atoms with E-state index in [0.717, 1.165) is 40.3 Å². The lowest BCUT2D eigenvalue weighted by Gasteiger charge is -2.32. The van der Waals surface area contributed by atoms with Crippen LogP contribution < -0.4 is 0 Å². The molecule has 0 unspecified atom stereocenters. The Morgan fingerprint density at radius 1 is 1.11 bits per heavy atom. The third-order valence-electron chi connectivity index (χ3n) is 4.73. The Hall–Kier alpha value is -2.12. The van der Waals surface area contributed by atoms with Crippen molar-refractivity contribution in [1.82, 2.24) is 19.4 Å². The van der Waals surface area contributed by atoms with Gasteiger partial charge in [-0.05, 0) is 49.2 Å². The summed E-state index contributed by atoms with van der Waals surface area (Å²) in [7, 11) is 0. The maximum absolute atomic E-state index is 13.1. The van der Waals surface area contributed by atoms with Gasteiger partial charge in [0.05, 0.1) is 11.9 Å². The summed E-state index contributed by atoms with van der Waals surface area (Å²) in [5, 5.41) is 0.751. The second-order valence-corrected chi connectivity index (χ2v) is 8.42. The van der Waals surface area contributed by atoms with Gasteiger partial charge in [-0.15, -0.1) is 0 Å². The molecule has 1 aliphatic heterocycles. The molecule has 1 fully saturated rings. The zero-order chi connectivity index (χ0) is 18.6. The van der Waals surface area contributed by atoms with E-state index in [1.54, 1.807) is 12.4 Å². The monoisotopic (exact) mass is 442 g/mol. The number of aromatic nitrogens is 3. The van der Waals surface area contributed by atoms with Gasteiger partial charge in [-0.1, -0.05) is 27.7 Å². The van der Waals surface area contributed by atoms with Crippen LogP contribution in [0.3, 0.4) is 0 Å². The lowest BCUT2D eigenvalue weighted by atomic mass is 10.0. The van der Waals surface area contributed by atoms with E-state index in [4.69, 9.17) is 0 Å². The van der Waals surface area contributed by atoms with Crippen molar-refractivity contribution in [2.24, 2.45) is 0 Å². The van der Waals surface area contributed by atoms with Gasteiger partial charge in [0.15, 0.2) is 0 Å². The molecular formula is C20H19BrN4OS. The van der Waals surface area contributed by atoms with Crippen molar-refractivity contribution < 1.29 is 4.79 Å². The Kier molecular flexibility index (Phi) is 5.59. The molecule has 0 radical (unpaired) electrons. The van der Waals surface area contributed by atoms with Gasteiger partial charge in [-0.3, -0.25) is 4.79 Å². The van der Waals surface area contributed by atoms with Crippen LogP contribution >= 0.6 is 27.7 Å². The van der Waals surface area contributed by atoms with Gasteiger partial charge in [-0.2, -0.15) is 0 Å². The number of hydrogen-bond acceptors (Lipinski definition) is 4.